The molecule has 4 aromatic carbocycles. The Balaban J connectivity index is 2.17. The van der Waals surface area contributed by atoms with Crippen LogP contribution in [-0.2, 0) is 39.5 Å². The molecule has 0 aromatic heterocycles. The fraction of sp³-hybridized carbons (Fsp3) is 0.286. The molecular formula is C42H48N2O18S3. The minimum absolute atomic E-state index is 0.179. The first-order valence-corrected chi connectivity index (χ1v) is 23.3. The number of nitrogens with one attached hydrogen (secondary N) is 2. The van der Waals surface area contributed by atoms with E-state index in [1.54, 1.807) is 0 Å². The van der Waals surface area contributed by atoms with Crippen LogP contribution in [0.2, 0.25) is 0 Å². The van der Waals surface area contributed by atoms with Crippen molar-refractivity contribution in [2.75, 3.05) is 70.0 Å². The minimum atomic E-state index is -4.92. The maximum Gasteiger partial charge on any atom is 0.318 e. The molecule has 0 aliphatic rings. The van der Waals surface area contributed by atoms with Crippen molar-refractivity contribution < 1.29 is 83.0 Å². The van der Waals surface area contributed by atoms with Gasteiger partial charge in [-0.15, -0.1) is 0 Å². The highest BCUT2D eigenvalue weighted by Gasteiger charge is 2.37. The van der Waals surface area contributed by atoms with E-state index in [0.717, 1.165) is 26.4 Å². The van der Waals surface area contributed by atoms with Crippen LogP contribution in [0.5, 0.6) is 46.0 Å². The lowest BCUT2D eigenvalue weighted by Gasteiger charge is -2.24. The summed E-state index contributed by atoms with van der Waals surface area (Å²) in [5, 5.41) is 14.8. The van der Waals surface area contributed by atoms with Crippen LogP contribution in [0.25, 0.3) is 12.2 Å². The van der Waals surface area contributed by atoms with Crippen LogP contribution in [0.3, 0.4) is 0 Å². The first-order valence-electron chi connectivity index (χ1n) is 18.7. The molecule has 65 heavy (non-hydrogen) atoms. The molecule has 0 saturated carbocycles. The molecule has 0 aliphatic heterocycles. The van der Waals surface area contributed by atoms with Gasteiger partial charge in [0.25, 0.3) is 0 Å². The average Bonchev–Trinajstić information content (AvgIpc) is 3.29. The van der Waals surface area contributed by atoms with Crippen LogP contribution in [0, 0.1) is 0 Å². The van der Waals surface area contributed by atoms with E-state index < -0.39 is 75.2 Å². The molecule has 0 amide bonds. The first-order chi connectivity index (χ1) is 30.7. The number of methoxy groups -OCH3 is 8. The molecule has 23 heteroatoms. The Bertz CT molecular complexity index is 2560. The fourth-order valence-corrected chi connectivity index (χ4v) is 10.7. The Labute approximate surface area is 376 Å². The number of sulfone groups is 1. The summed E-state index contributed by atoms with van der Waals surface area (Å²) in [5.74, 6) is -2.16. The summed E-state index contributed by atoms with van der Waals surface area (Å²) in [6, 6.07) is 12.9. The van der Waals surface area contributed by atoms with Gasteiger partial charge in [0.1, 0.15) is 79.4 Å². The van der Waals surface area contributed by atoms with E-state index in [1.807, 2.05) is 9.44 Å². The molecule has 0 aliphatic carbocycles. The highest BCUT2D eigenvalue weighted by molar-refractivity contribution is 7.92. The molecule has 0 bridgehead atoms. The second-order valence-corrected chi connectivity index (χ2v) is 19.0. The van der Waals surface area contributed by atoms with Crippen LogP contribution in [-0.4, -0.2) is 117 Å². The zero-order chi connectivity index (χ0) is 48.3. The summed E-state index contributed by atoms with van der Waals surface area (Å²) in [5.41, 5.74) is 0.0728. The van der Waals surface area contributed by atoms with Gasteiger partial charge in [0.15, 0.2) is 9.84 Å². The summed E-state index contributed by atoms with van der Waals surface area (Å²) in [6.07, 6.45) is 5.15. The van der Waals surface area contributed by atoms with E-state index in [-0.39, 0.29) is 56.8 Å². The molecule has 0 fully saturated rings. The lowest BCUT2D eigenvalue weighted by atomic mass is 10.1. The molecule has 2 unspecified atom stereocenters. The van der Waals surface area contributed by atoms with Gasteiger partial charge in [-0.1, -0.05) is 24.3 Å². The quantitative estimate of drug-likeness (QED) is 0.0769. The minimum Gasteiger partial charge on any atom is -0.496 e. The highest BCUT2D eigenvalue weighted by atomic mass is 32.2. The van der Waals surface area contributed by atoms with E-state index >= 15 is 8.42 Å². The number of rotatable bonds is 24. The SMILES string of the molecule is COc1cc(OC)c(/C=C/C(c2ccc(OC)c(S(=O)(=O)NCC(=O)O)c2)S(=O)(=O)C(/C=C/c2c(OC)cc(OC)cc2OC)c2ccc(OC)c(S(=O)(=O)NCC(=O)O)c2)c(OC)c1. The van der Waals surface area contributed by atoms with Gasteiger partial charge >= 0.3 is 11.9 Å². The average molecular weight is 965 g/mol. The number of hydrogen-bond acceptors (Lipinski definition) is 16. The van der Waals surface area contributed by atoms with Crippen molar-refractivity contribution in [3.05, 3.63) is 95.1 Å². The van der Waals surface area contributed by atoms with Crippen molar-refractivity contribution in [1.82, 2.24) is 9.44 Å². The zero-order valence-corrected chi connectivity index (χ0v) is 38.8. The molecule has 4 N–H and O–H groups in total. The fourth-order valence-electron chi connectivity index (χ4n) is 6.37. The van der Waals surface area contributed by atoms with Crippen LogP contribution < -0.4 is 47.3 Å². The molecular weight excluding hydrogens is 917 g/mol. The van der Waals surface area contributed by atoms with Crippen molar-refractivity contribution in [1.29, 1.82) is 0 Å². The number of benzene rings is 4. The molecule has 0 saturated heterocycles. The van der Waals surface area contributed by atoms with E-state index in [4.69, 9.17) is 37.9 Å². The molecule has 0 radical (unpaired) electrons. The van der Waals surface area contributed by atoms with Gasteiger partial charge in [-0.25, -0.2) is 25.3 Å². The molecule has 20 nitrogen and oxygen atoms in total. The smallest absolute Gasteiger partial charge is 0.318 e. The third-order valence-corrected chi connectivity index (χ3v) is 14.6. The van der Waals surface area contributed by atoms with Crippen LogP contribution in [0.1, 0.15) is 32.8 Å². The predicted molar refractivity (Wildman–Crippen MR) is 236 cm³/mol. The Hall–Kier alpha value is -6.53. The Morgan fingerprint density at radius 3 is 1.06 bits per heavy atom. The molecule has 4 aromatic rings. The first kappa shape index (κ1) is 51.1. The normalized spacial score (nSPS) is 12.9. The van der Waals surface area contributed by atoms with Crippen molar-refractivity contribution >= 4 is 54.0 Å². The van der Waals surface area contributed by atoms with Crippen molar-refractivity contribution in [3.8, 4) is 46.0 Å². The lowest BCUT2D eigenvalue weighted by molar-refractivity contribution is -0.136. The van der Waals surface area contributed by atoms with Gasteiger partial charge in [-0.3, -0.25) is 9.59 Å². The molecule has 0 heterocycles. The molecule has 352 valence electrons. The van der Waals surface area contributed by atoms with Gasteiger partial charge in [-0.05, 0) is 47.5 Å². The van der Waals surface area contributed by atoms with E-state index in [9.17, 15) is 36.6 Å². The number of carboxylic acids is 2. The van der Waals surface area contributed by atoms with Gasteiger partial charge in [-0.2, -0.15) is 9.44 Å². The third-order valence-electron chi connectivity index (χ3n) is 9.53. The predicted octanol–water partition coefficient (Wildman–Crippen LogP) is 4.11. The topological polar surface area (TPSA) is 275 Å². The Morgan fingerprint density at radius 2 is 0.800 bits per heavy atom. The van der Waals surface area contributed by atoms with E-state index in [0.29, 0.717) is 11.5 Å². The summed E-state index contributed by atoms with van der Waals surface area (Å²) in [7, 11) is -3.73. The zero-order valence-electron chi connectivity index (χ0n) is 36.3. The number of aliphatic carboxylic acids is 2. The summed E-state index contributed by atoms with van der Waals surface area (Å²) < 4.78 is 133. The number of ether oxygens (including phenoxy) is 8. The largest absolute Gasteiger partial charge is 0.496 e. The number of hydrogen-bond donors (Lipinski definition) is 4. The maximum atomic E-state index is 15.7. The van der Waals surface area contributed by atoms with E-state index in [1.165, 1.54) is 115 Å². The van der Waals surface area contributed by atoms with Crippen molar-refractivity contribution in [2.24, 2.45) is 0 Å². The van der Waals surface area contributed by atoms with E-state index in [2.05, 4.69) is 0 Å². The monoisotopic (exact) mass is 964 g/mol. The van der Waals surface area contributed by atoms with Crippen molar-refractivity contribution in [3.63, 3.8) is 0 Å². The second kappa shape index (κ2) is 21.9. The van der Waals surface area contributed by atoms with Crippen LogP contribution in [0.4, 0.5) is 0 Å². The third kappa shape index (κ3) is 12.0. The number of carboxylic acid groups (broad SMARTS) is 2. The van der Waals surface area contributed by atoms with Gasteiger partial charge in [0.2, 0.25) is 20.0 Å². The summed E-state index contributed by atoms with van der Waals surface area (Å²) in [6.45, 7) is -2.05. The number of carbonyl (C=O) groups is 2. The summed E-state index contributed by atoms with van der Waals surface area (Å²) >= 11 is 0. The van der Waals surface area contributed by atoms with Gasteiger partial charge in [0, 0.05) is 24.3 Å². The molecule has 0 spiro atoms. The highest BCUT2D eigenvalue weighted by Crippen LogP contribution is 2.44. The Kier molecular flexibility index (Phi) is 17.2. The number of sulfonamides is 2. The summed E-state index contributed by atoms with van der Waals surface area (Å²) in [4.78, 5) is 21.6. The second-order valence-electron chi connectivity index (χ2n) is 13.3. The molecule has 4 rings (SSSR count). The van der Waals surface area contributed by atoms with Crippen LogP contribution in [0.15, 0.2) is 82.6 Å². The Morgan fingerprint density at radius 1 is 0.492 bits per heavy atom. The van der Waals surface area contributed by atoms with Gasteiger partial charge < -0.3 is 48.1 Å². The van der Waals surface area contributed by atoms with Crippen molar-refractivity contribution in [2.45, 2.75) is 20.3 Å². The molecule has 2 atom stereocenters. The van der Waals surface area contributed by atoms with Gasteiger partial charge in [0.05, 0.1) is 68.0 Å². The van der Waals surface area contributed by atoms with Crippen LogP contribution >= 0.6 is 0 Å². The standard InChI is InChI=1S/C42H48N2O18S3/c1-55-27-19-33(59-5)29(34(20-27)60-6)11-15-37(25-9-13-31(57-3)39(17-25)64(51,52)43-23-41(45)46)63(49,50)38(16-12-30-35(61-7)21-28(56-2)22-36(30)62-8)26-10-14-32(58-4)40(18-26)65(53,54)44-24-42(47)48/h9-22,37-38,43-44H,23-24H2,1-8H3,(H,45,46)(H,47,48)/b15-11+,16-12+. The lowest BCUT2D eigenvalue weighted by Crippen LogP contribution is -2.30. The maximum absolute atomic E-state index is 15.7.